The molecule has 0 unspecified atom stereocenters. The zero-order valence-electron chi connectivity index (χ0n) is 6.86. The molecule has 0 saturated heterocycles. The van der Waals surface area contributed by atoms with E-state index in [-0.39, 0.29) is 5.56 Å². The number of benzene rings is 1. The monoisotopic (exact) mass is 215 g/mol. The Hall–Kier alpha value is -1.75. The molecule has 0 aromatic heterocycles. The third kappa shape index (κ3) is 2.95. The molecule has 0 aliphatic rings. The summed E-state index contributed by atoms with van der Waals surface area (Å²) in [6.07, 6.45) is -1.44. The third-order valence-corrected chi connectivity index (χ3v) is 1.56. The smallest absolute Gasteiger partial charge is 0.438 e. The van der Waals surface area contributed by atoms with Crippen LogP contribution >= 0.6 is 11.6 Å². The Morgan fingerprint density at radius 1 is 1.29 bits per heavy atom. The van der Waals surface area contributed by atoms with Crippen molar-refractivity contribution in [2.24, 2.45) is 0 Å². The lowest BCUT2D eigenvalue weighted by atomic mass is 10.2. The Bertz CT molecular complexity index is 349. The molecule has 0 atom stereocenters. The highest BCUT2D eigenvalue weighted by Crippen LogP contribution is 2.09. The van der Waals surface area contributed by atoms with Gasteiger partial charge in [0, 0.05) is 5.02 Å². The molecule has 1 aromatic carbocycles. The van der Waals surface area contributed by atoms with E-state index in [1.807, 2.05) is 0 Å². The van der Waals surface area contributed by atoms with Crippen LogP contribution in [0.3, 0.4) is 0 Å². The van der Waals surface area contributed by atoms with Crippen LogP contribution in [0.4, 0.5) is 4.79 Å². The maximum Gasteiger partial charge on any atom is 0.438 e. The average molecular weight is 216 g/mol. The zero-order valence-corrected chi connectivity index (χ0v) is 7.62. The Morgan fingerprint density at radius 3 is 2.36 bits per heavy atom. The van der Waals surface area contributed by atoms with E-state index in [0.29, 0.717) is 5.02 Å². The molecule has 0 fully saturated rings. The lowest BCUT2D eigenvalue weighted by Crippen LogP contribution is -2.25. The Balaban J connectivity index is 2.61. The fourth-order valence-electron chi connectivity index (χ4n) is 0.735. The van der Waals surface area contributed by atoms with Gasteiger partial charge in [-0.15, -0.1) is 5.48 Å². The highest BCUT2D eigenvalue weighted by molar-refractivity contribution is 6.30. The summed E-state index contributed by atoms with van der Waals surface area (Å²) in [5.41, 5.74) is 1.70. The molecule has 1 rings (SSSR count). The van der Waals surface area contributed by atoms with Gasteiger partial charge in [-0.1, -0.05) is 11.6 Å². The van der Waals surface area contributed by atoms with Gasteiger partial charge >= 0.3 is 12.1 Å². The maximum absolute atomic E-state index is 11.1. The Labute approximate surface area is 84.2 Å². The number of hydrogen-bond donors (Lipinski definition) is 2. The topological polar surface area (TPSA) is 75.6 Å². The first-order chi connectivity index (χ1) is 6.59. The first kappa shape index (κ1) is 10.3. The lowest BCUT2D eigenvalue weighted by molar-refractivity contribution is 0.0264. The number of carboxylic acid groups (broad SMARTS) is 1. The minimum atomic E-state index is -1.44. The van der Waals surface area contributed by atoms with Crippen molar-refractivity contribution >= 4 is 23.7 Å². The number of hydrogen-bond acceptors (Lipinski definition) is 3. The Morgan fingerprint density at radius 2 is 1.86 bits per heavy atom. The lowest BCUT2D eigenvalue weighted by Gasteiger charge is -2.01. The summed E-state index contributed by atoms with van der Waals surface area (Å²) in [4.78, 5) is 25.2. The van der Waals surface area contributed by atoms with Gasteiger partial charge in [0.25, 0.3) is 0 Å². The third-order valence-electron chi connectivity index (χ3n) is 1.31. The fraction of sp³-hybridized carbons (Fsp3) is 0. The van der Waals surface area contributed by atoms with Crippen LogP contribution in [0.5, 0.6) is 0 Å². The fourth-order valence-corrected chi connectivity index (χ4v) is 0.861. The number of rotatable bonds is 1. The molecule has 0 saturated carbocycles. The first-order valence-corrected chi connectivity index (χ1v) is 3.93. The van der Waals surface area contributed by atoms with Crippen LogP contribution in [0.15, 0.2) is 24.3 Å². The van der Waals surface area contributed by atoms with Gasteiger partial charge in [0.05, 0.1) is 5.56 Å². The standard InChI is InChI=1S/C8H6ClNO4/c9-6-3-1-5(2-4-6)7(11)14-10-8(12)13/h1-4,10H,(H,12,13). The molecule has 2 N–H and O–H groups in total. The van der Waals surface area contributed by atoms with Crippen molar-refractivity contribution < 1.29 is 19.5 Å². The van der Waals surface area contributed by atoms with Gasteiger partial charge in [-0.2, -0.15) is 0 Å². The summed E-state index contributed by atoms with van der Waals surface area (Å²) in [7, 11) is 0. The number of hydroxylamine groups is 1. The van der Waals surface area contributed by atoms with E-state index >= 15 is 0 Å². The molecule has 0 heterocycles. The van der Waals surface area contributed by atoms with Crippen molar-refractivity contribution in [2.45, 2.75) is 0 Å². The van der Waals surface area contributed by atoms with E-state index in [4.69, 9.17) is 16.7 Å². The maximum atomic E-state index is 11.1. The van der Waals surface area contributed by atoms with Gasteiger partial charge in [-0.05, 0) is 24.3 Å². The molecule has 0 aliphatic carbocycles. The molecule has 1 amide bonds. The van der Waals surface area contributed by atoms with Gasteiger partial charge in [-0.25, -0.2) is 9.59 Å². The van der Waals surface area contributed by atoms with Crippen molar-refractivity contribution in [2.75, 3.05) is 0 Å². The molecule has 0 bridgehead atoms. The second kappa shape index (κ2) is 4.48. The van der Waals surface area contributed by atoms with Crippen LogP contribution in [0, 0.1) is 0 Å². The van der Waals surface area contributed by atoms with Crippen LogP contribution in [0.2, 0.25) is 5.02 Å². The summed E-state index contributed by atoms with van der Waals surface area (Å²) in [6, 6.07) is 5.85. The van der Waals surface area contributed by atoms with E-state index in [0.717, 1.165) is 0 Å². The molecule has 0 aliphatic heterocycles. The molecule has 6 heteroatoms. The van der Waals surface area contributed by atoms with Crippen LogP contribution < -0.4 is 5.48 Å². The summed E-state index contributed by atoms with van der Waals surface area (Å²) in [5, 5.41) is 8.62. The predicted octanol–water partition coefficient (Wildman–Crippen LogP) is 1.68. The largest absolute Gasteiger partial charge is 0.463 e. The van der Waals surface area contributed by atoms with Gasteiger partial charge in [0.1, 0.15) is 0 Å². The number of halogens is 1. The van der Waals surface area contributed by atoms with Crippen LogP contribution in [-0.4, -0.2) is 17.2 Å². The van der Waals surface area contributed by atoms with Crippen LogP contribution in [-0.2, 0) is 4.84 Å². The minimum Gasteiger partial charge on any atom is -0.463 e. The summed E-state index contributed by atoms with van der Waals surface area (Å²) < 4.78 is 0. The average Bonchev–Trinajstić information content (AvgIpc) is 2.15. The Kier molecular flexibility index (Phi) is 3.30. The second-order valence-electron chi connectivity index (χ2n) is 2.30. The van der Waals surface area contributed by atoms with Crippen molar-refractivity contribution in [3.05, 3.63) is 34.9 Å². The van der Waals surface area contributed by atoms with Crippen molar-refractivity contribution in [3.8, 4) is 0 Å². The highest BCUT2D eigenvalue weighted by Gasteiger charge is 2.08. The van der Waals surface area contributed by atoms with Crippen LogP contribution in [0.25, 0.3) is 0 Å². The number of carbonyl (C=O) groups excluding carboxylic acids is 1. The van der Waals surface area contributed by atoms with Crippen molar-refractivity contribution in [3.63, 3.8) is 0 Å². The molecule has 1 aromatic rings. The number of amides is 1. The highest BCUT2D eigenvalue weighted by atomic mass is 35.5. The molecule has 0 spiro atoms. The van der Waals surface area contributed by atoms with Gasteiger partial charge < -0.3 is 9.94 Å². The van der Waals surface area contributed by atoms with Gasteiger partial charge in [0.2, 0.25) is 0 Å². The van der Waals surface area contributed by atoms with Crippen molar-refractivity contribution in [1.29, 1.82) is 0 Å². The normalized spacial score (nSPS) is 9.21. The van der Waals surface area contributed by atoms with Crippen molar-refractivity contribution in [1.82, 2.24) is 5.48 Å². The minimum absolute atomic E-state index is 0.211. The molecule has 14 heavy (non-hydrogen) atoms. The predicted molar refractivity (Wildman–Crippen MR) is 48.0 cm³/mol. The molecule has 0 radical (unpaired) electrons. The number of nitrogens with one attached hydrogen (secondary N) is 1. The van der Waals surface area contributed by atoms with Crippen LogP contribution in [0.1, 0.15) is 10.4 Å². The van der Waals surface area contributed by atoms with E-state index in [1.54, 1.807) is 0 Å². The summed E-state index contributed by atoms with van der Waals surface area (Å²) in [6.45, 7) is 0. The molecule has 5 nitrogen and oxygen atoms in total. The SMILES string of the molecule is O=C(O)NOC(=O)c1ccc(Cl)cc1. The number of carbonyl (C=O) groups is 2. The quantitative estimate of drug-likeness (QED) is 0.699. The summed E-state index contributed by atoms with van der Waals surface area (Å²) in [5.74, 6) is -0.788. The van der Waals surface area contributed by atoms with Gasteiger partial charge in [0.15, 0.2) is 0 Å². The van der Waals surface area contributed by atoms with Gasteiger partial charge in [-0.3, -0.25) is 0 Å². The molecule has 74 valence electrons. The zero-order chi connectivity index (χ0) is 10.6. The second-order valence-corrected chi connectivity index (χ2v) is 2.74. The first-order valence-electron chi connectivity index (χ1n) is 3.55. The summed E-state index contributed by atoms with van der Waals surface area (Å²) >= 11 is 5.58. The van der Waals surface area contributed by atoms with E-state index in [2.05, 4.69) is 4.84 Å². The van der Waals surface area contributed by atoms with E-state index in [1.165, 1.54) is 29.7 Å². The molecular formula is C8H6ClNO4. The van der Waals surface area contributed by atoms with E-state index in [9.17, 15) is 9.59 Å². The molecular weight excluding hydrogens is 210 g/mol. The van der Waals surface area contributed by atoms with E-state index < -0.39 is 12.1 Å².